The molecule has 4 nitrogen and oxygen atoms in total. The Hall–Kier alpha value is -1.68. The number of aromatic nitrogens is 3. The van der Waals surface area contributed by atoms with Gasteiger partial charge in [0.15, 0.2) is 0 Å². The average molecular weight is 258 g/mol. The molecule has 0 aliphatic heterocycles. The van der Waals surface area contributed by atoms with Crippen molar-refractivity contribution in [2.75, 3.05) is 0 Å². The molecule has 102 valence electrons. The van der Waals surface area contributed by atoms with E-state index in [0.29, 0.717) is 6.04 Å². The minimum atomic E-state index is 0.500. The smallest absolute Gasteiger partial charge is 0.148 e. The Morgan fingerprint density at radius 1 is 1.21 bits per heavy atom. The summed E-state index contributed by atoms with van der Waals surface area (Å²) in [6.45, 7) is 11.2. The molecule has 0 aliphatic rings. The van der Waals surface area contributed by atoms with E-state index in [1.165, 1.54) is 11.1 Å². The van der Waals surface area contributed by atoms with Crippen LogP contribution in [0.2, 0.25) is 0 Å². The minimum absolute atomic E-state index is 0.500. The van der Waals surface area contributed by atoms with Crippen LogP contribution in [-0.2, 0) is 6.54 Å². The molecule has 1 aromatic carbocycles. The van der Waals surface area contributed by atoms with Crippen LogP contribution in [0.25, 0.3) is 5.69 Å². The summed E-state index contributed by atoms with van der Waals surface area (Å²) >= 11 is 0. The van der Waals surface area contributed by atoms with Crippen molar-refractivity contribution >= 4 is 0 Å². The maximum Gasteiger partial charge on any atom is 0.148 e. The van der Waals surface area contributed by atoms with Gasteiger partial charge >= 0.3 is 0 Å². The van der Waals surface area contributed by atoms with Crippen molar-refractivity contribution < 1.29 is 0 Å². The Morgan fingerprint density at radius 3 is 2.47 bits per heavy atom. The molecule has 0 bridgehead atoms. The summed E-state index contributed by atoms with van der Waals surface area (Å²) in [6, 6.07) is 6.98. The van der Waals surface area contributed by atoms with E-state index in [0.717, 1.165) is 23.9 Å². The quantitative estimate of drug-likeness (QED) is 0.917. The van der Waals surface area contributed by atoms with Crippen LogP contribution in [0.3, 0.4) is 0 Å². The summed E-state index contributed by atoms with van der Waals surface area (Å²) in [7, 11) is 0. The predicted molar refractivity (Wildman–Crippen MR) is 77.5 cm³/mol. The van der Waals surface area contributed by atoms with Crippen LogP contribution in [0.4, 0.5) is 0 Å². The van der Waals surface area contributed by atoms with Crippen molar-refractivity contribution in [1.82, 2.24) is 20.1 Å². The minimum Gasteiger partial charge on any atom is -0.310 e. The van der Waals surface area contributed by atoms with Crippen LogP contribution in [0, 0.1) is 20.8 Å². The lowest BCUT2D eigenvalue weighted by molar-refractivity contribution is 0.588. The summed E-state index contributed by atoms with van der Waals surface area (Å²) in [6.07, 6.45) is 0. The van der Waals surface area contributed by atoms with E-state index in [1.807, 2.05) is 18.5 Å². The highest BCUT2D eigenvalue weighted by molar-refractivity contribution is 5.42. The molecule has 2 aromatic rings. The molecule has 0 saturated heterocycles. The fourth-order valence-electron chi connectivity index (χ4n) is 2.14. The van der Waals surface area contributed by atoms with E-state index < -0.39 is 0 Å². The van der Waals surface area contributed by atoms with E-state index in [9.17, 15) is 0 Å². The number of rotatable bonds is 4. The molecule has 1 aromatic heterocycles. The number of nitrogens with zero attached hydrogens (tertiary/aromatic N) is 3. The summed E-state index contributed by atoms with van der Waals surface area (Å²) in [5.74, 6) is 1.73. The third-order valence-electron chi connectivity index (χ3n) is 3.08. The Bertz CT molecular complexity index is 570. The van der Waals surface area contributed by atoms with Gasteiger partial charge in [0.25, 0.3) is 0 Å². The van der Waals surface area contributed by atoms with Crippen molar-refractivity contribution in [2.45, 2.75) is 47.2 Å². The normalized spacial score (nSPS) is 11.3. The molecular weight excluding hydrogens is 236 g/mol. The molecule has 0 saturated carbocycles. The van der Waals surface area contributed by atoms with Crippen LogP contribution in [0.15, 0.2) is 18.2 Å². The topological polar surface area (TPSA) is 42.7 Å². The summed E-state index contributed by atoms with van der Waals surface area (Å²) < 4.78 is 1.91. The monoisotopic (exact) mass is 258 g/mol. The first kappa shape index (κ1) is 13.7. The number of nitrogens with one attached hydrogen (secondary N) is 1. The molecule has 0 amide bonds. The number of hydrogen-bond acceptors (Lipinski definition) is 3. The average Bonchev–Trinajstić information content (AvgIpc) is 2.66. The zero-order valence-electron chi connectivity index (χ0n) is 12.4. The van der Waals surface area contributed by atoms with Crippen LogP contribution in [0.1, 0.15) is 36.6 Å². The Kier molecular flexibility index (Phi) is 4.00. The Balaban J connectivity index is 2.27. The highest BCUT2D eigenvalue weighted by Gasteiger charge is 2.08. The number of aryl methyl sites for hydroxylation is 3. The van der Waals surface area contributed by atoms with Crippen LogP contribution in [0.5, 0.6) is 0 Å². The summed E-state index contributed by atoms with van der Waals surface area (Å²) in [4.78, 5) is 4.35. The largest absolute Gasteiger partial charge is 0.310 e. The molecule has 0 unspecified atom stereocenters. The molecule has 0 atom stereocenters. The van der Waals surface area contributed by atoms with Crippen molar-refractivity contribution in [3.63, 3.8) is 0 Å². The highest BCUT2D eigenvalue weighted by atomic mass is 15.3. The fraction of sp³-hybridized carbons (Fsp3) is 0.467. The first-order valence-electron chi connectivity index (χ1n) is 6.71. The molecular formula is C15H22N4. The maximum atomic E-state index is 4.44. The van der Waals surface area contributed by atoms with Gasteiger partial charge in [-0.25, -0.2) is 9.67 Å². The van der Waals surface area contributed by atoms with Crippen molar-refractivity contribution in [2.24, 2.45) is 0 Å². The molecule has 2 rings (SSSR count). The number of benzene rings is 1. The molecule has 0 aliphatic carbocycles. The lowest BCUT2D eigenvalue weighted by Crippen LogP contribution is -2.21. The third kappa shape index (κ3) is 3.20. The van der Waals surface area contributed by atoms with Gasteiger partial charge in [0, 0.05) is 12.6 Å². The van der Waals surface area contributed by atoms with E-state index >= 15 is 0 Å². The van der Waals surface area contributed by atoms with Gasteiger partial charge in [0.05, 0.1) is 5.69 Å². The lowest BCUT2D eigenvalue weighted by Gasteiger charge is -2.11. The van der Waals surface area contributed by atoms with Gasteiger partial charge in [-0.3, -0.25) is 0 Å². The van der Waals surface area contributed by atoms with E-state index in [2.05, 4.69) is 54.4 Å². The van der Waals surface area contributed by atoms with Gasteiger partial charge in [-0.15, -0.1) is 0 Å². The molecule has 0 fully saturated rings. The molecule has 0 spiro atoms. The predicted octanol–water partition coefficient (Wildman–Crippen LogP) is 2.69. The van der Waals surface area contributed by atoms with Crippen LogP contribution < -0.4 is 5.32 Å². The zero-order valence-corrected chi connectivity index (χ0v) is 12.4. The molecule has 0 radical (unpaired) electrons. The number of hydrogen-bond donors (Lipinski definition) is 1. The first-order chi connectivity index (χ1) is 8.97. The van der Waals surface area contributed by atoms with Gasteiger partial charge in [-0.2, -0.15) is 5.10 Å². The van der Waals surface area contributed by atoms with Crippen LogP contribution in [-0.4, -0.2) is 20.8 Å². The standard InChI is InChI=1S/C15H22N4/c1-10(2)16-9-14-6-7-15(11(3)8-14)19-13(5)17-12(4)18-19/h6-8,10,16H,9H2,1-5H3. The Labute approximate surface area is 114 Å². The van der Waals surface area contributed by atoms with Gasteiger partial charge in [0.1, 0.15) is 11.6 Å². The van der Waals surface area contributed by atoms with Crippen molar-refractivity contribution in [3.8, 4) is 5.69 Å². The van der Waals surface area contributed by atoms with Gasteiger partial charge in [0.2, 0.25) is 0 Å². The molecule has 4 heteroatoms. The van der Waals surface area contributed by atoms with Crippen molar-refractivity contribution in [1.29, 1.82) is 0 Å². The molecule has 1 heterocycles. The molecule has 1 N–H and O–H groups in total. The fourth-order valence-corrected chi connectivity index (χ4v) is 2.14. The highest BCUT2D eigenvalue weighted by Crippen LogP contribution is 2.16. The third-order valence-corrected chi connectivity index (χ3v) is 3.08. The zero-order chi connectivity index (χ0) is 14.0. The molecule has 19 heavy (non-hydrogen) atoms. The van der Waals surface area contributed by atoms with Gasteiger partial charge in [-0.1, -0.05) is 26.0 Å². The maximum absolute atomic E-state index is 4.44. The van der Waals surface area contributed by atoms with Crippen LogP contribution >= 0.6 is 0 Å². The second-order valence-electron chi connectivity index (χ2n) is 5.27. The second-order valence-corrected chi connectivity index (χ2v) is 5.27. The van der Waals surface area contributed by atoms with Gasteiger partial charge < -0.3 is 5.32 Å². The second kappa shape index (κ2) is 5.53. The van der Waals surface area contributed by atoms with E-state index in [4.69, 9.17) is 0 Å². The lowest BCUT2D eigenvalue weighted by atomic mass is 10.1. The summed E-state index contributed by atoms with van der Waals surface area (Å²) in [5.41, 5.74) is 3.62. The Morgan fingerprint density at radius 2 is 1.95 bits per heavy atom. The van der Waals surface area contributed by atoms with Gasteiger partial charge in [-0.05, 0) is 38.0 Å². The first-order valence-corrected chi connectivity index (χ1v) is 6.71. The van der Waals surface area contributed by atoms with Crippen molar-refractivity contribution in [3.05, 3.63) is 41.0 Å². The SMILES string of the molecule is Cc1nc(C)n(-c2ccc(CNC(C)C)cc2C)n1. The summed E-state index contributed by atoms with van der Waals surface area (Å²) in [5, 5.41) is 7.86. The van der Waals surface area contributed by atoms with E-state index in [1.54, 1.807) is 0 Å². The van der Waals surface area contributed by atoms with E-state index in [-0.39, 0.29) is 0 Å².